The van der Waals surface area contributed by atoms with Crippen LogP contribution in [0.15, 0.2) is 30.5 Å². The van der Waals surface area contributed by atoms with Crippen molar-refractivity contribution in [3.63, 3.8) is 0 Å². The van der Waals surface area contributed by atoms with Crippen molar-refractivity contribution in [2.24, 2.45) is 0 Å². The third-order valence-electron chi connectivity index (χ3n) is 1.83. The lowest BCUT2D eigenvalue weighted by molar-refractivity contribution is -0.282. The first-order valence-corrected chi connectivity index (χ1v) is 4.42. The summed E-state index contributed by atoms with van der Waals surface area (Å²) in [5.74, 6) is -1.43. The van der Waals surface area contributed by atoms with Crippen LogP contribution in [0, 0.1) is 11.6 Å². The molecule has 80 valence electrons. The first-order valence-electron chi connectivity index (χ1n) is 4.42. The molecule has 2 rings (SSSR count). The average molecular weight is 213 g/mol. The van der Waals surface area contributed by atoms with Gasteiger partial charge < -0.3 is 4.84 Å². The average Bonchev–Trinajstić information content (AvgIpc) is 2.58. The first-order chi connectivity index (χ1) is 7.15. The fourth-order valence-electron chi connectivity index (χ4n) is 1.12. The highest BCUT2D eigenvalue weighted by Crippen LogP contribution is 2.21. The highest BCUT2D eigenvalue weighted by atomic mass is 19.1. The van der Waals surface area contributed by atoms with Crippen LogP contribution < -0.4 is 4.84 Å². The summed E-state index contributed by atoms with van der Waals surface area (Å²) in [6.07, 6.45) is 3.08. The maximum atomic E-state index is 13.1. The zero-order valence-electron chi connectivity index (χ0n) is 7.98. The summed E-state index contributed by atoms with van der Waals surface area (Å²) in [6.45, 7) is 1.79. The molecule has 0 N–H and O–H groups in total. The molecular weight excluding hydrogens is 204 g/mol. The van der Waals surface area contributed by atoms with Gasteiger partial charge in [-0.15, -0.1) is 0 Å². The van der Waals surface area contributed by atoms with E-state index in [1.165, 1.54) is 6.20 Å². The van der Waals surface area contributed by atoms with Gasteiger partial charge in [-0.2, -0.15) is 0 Å². The molecule has 0 fully saturated rings. The third kappa shape index (κ3) is 2.24. The Hall–Kier alpha value is -1.62. The van der Waals surface area contributed by atoms with Crippen molar-refractivity contribution >= 4 is 0 Å². The van der Waals surface area contributed by atoms with Crippen molar-refractivity contribution < 1.29 is 18.5 Å². The molecule has 1 aliphatic rings. The standard InChI is InChI=1S/C10H9F2NO2/c1-7-4-5-13(14-7)15-10-6-8(11)2-3-9(10)12/h2-7H,1H3. The number of rotatable bonds is 2. The van der Waals surface area contributed by atoms with Crippen molar-refractivity contribution in [1.29, 1.82) is 0 Å². The van der Waals surface area contributed by atoms with Crippen LogP contribution in [-0.2, 0) is 4.84 Å². The molecule has 0 saturated carbocycles. The molecule has 0 saturated heterocycles. The lowest BCUT2D eigenvalue weighted by Crippen LogP contribution is -2.21. The fraction of sp³-hybridized carbons (Fsp3) is 0.200. The number of hydrogen-bond donors (Lipinski definition) is 0. The van der Waals surface area contributed by atoms with Crippen molar-refractivity contribution in [1.82, 2.24) is 5.23 Å². The Morgan fingerprint density at radius 2 is 2.20 bits per heavy atom. The monoisotopic (exact) mass is 213 g/mol. The van der Waals surface area contributed by atoms with E-state index in [2.05, 4.69) is 0 Å². The van der Waals surface area contributed by atoms with Gasteiger partial charge in [0.15, 0.2) is 11.6 Å². The highest BCUT2D eigenvalue weighted by Gasteiger charge is 2.16. The summed E-state index contributed by atoms with van der Waals surface area (Å²) in [4.78, 5) is 10.0. The van der Waals surface area contributed by atoms with Gasteiger partial charge in [0.2, 0.25) is 0 Å². The summed E-state index contributed by atoms with van der Waals surface area (Å²) < 4.78 is 25.9. The molecule has 1 unspecified atom stereocenters. The van der Waals surface area contributed by atoms with Gasteiger partial charge in [0.25, 0.3) is 0 Å². The maximum Gasteiger partial charge on any atom is 0.196 e. The van der Waals surface area contributed by atoms with Gasteiger partial charge in [-0.25, -0.2) is 13.6 Å². The predicted molar refractivity (Wildman–Crippen MR) is 48.5 cm³/mol. The van der Waals surface area contributed by atoms with E-state index in [0.29, 0.717) is 0 Å². The molecule has 15 heavy (non-hydrogen) atoms. The van der Waals surface area contributed by atoms with Crippen LogP contribution in [0.4, 0.5) is 8.78 Å². The van der Waals surface area contributed by atoms with Gasteiger partial charge in [-0.3, -0.25) is 0 Å². The Morgan fingerprint density at radius 1 is 1.40 bits per heavy atom. The molecule has 1 aromatic rings. The Labute approximate surface area is 85.4 Å². The molecule has 0 bridgehead atoms. The van der Waals surface area contributed by atoms with E-state index in [0.717, 1.165) is 23.4 Å². The minimum atomic E-state index is -0.645. The van der Waals surface area contributed by atoms with E-state index in [9.17, 15) is 8.78 Å². The summed E-state index contributed by atoms with van der Waals surface area (Å²) in [5, 5.41) is 0.989. The van der Waals surface area contributed by atoms with E-state index < -0.39 is 11.6 Å². The molecule has 0 aliphatic carbocycles. The second-order valence-electron chi connectivity index (χ2n) is 3.10. The van der Waals surface area contributed by atoms with Crippen LogP contribution >= 0.6 is 0 Å². The van der Waals surface area contributed by atoms with E-state index in [4.69, 9.17) is 9.68 Å². The minimum absolute atomic E-state index is 0.137. The van der Waals surface area contributed by atoms with E-state index in [-0.39, 0.29) is 11.9 Å². The number of hydrogen-bond acceptors (Lipinski definition) is 3. The Kier molecular flexibility index (Phi) is 2.55. The zero-order chi connectivity index (χ0) is 10.8. The Balaban J connectivity index is 2.11. The topological polar surface area (TPSA) is 21.7 Å². The quantitative estimate of drug-likeness (QED) is 0.753. The molecule has 0 spiro atoms. The van der Waals surface area contributed by atoms with Gasteiger partial charge in [0.1, 0.15) is 11.9 Å². The van der Waals surface area contributed by atoms with Crippen LogP contribution in [0.25, 0.3) is 0 Å². The second-order valence-corrected chi connectivity index (χ2v) is 3.10. The normalized spacial score (nSPS) is 19.7. The van der Waals surface area contributed by atoms with Gasteiger partial charge >= 0.3 is 0 Å². The molecule has 0 aromatic heterocycles. The SMILES string of the molecule is CC1C=CN(Oc2cc(F)ccc2F)O1. The molecular formula is C10H9F2NO2. The zero-order valence-corrected chi connectivity index (χ0v) is 7.98. The number of nitrogens with zero attached hydrogens (tertiary/aromatic N) is 1. The Morgan fingerprint density at radius 3 is 2.87 bits per heavy atom. The third-order valence-corrected chi connectivity index (χ3v) is 1.83. The van der Waals surface area contributed by atoms with Crippen LogP contribution in [0.1, 0.15) is 6.92 Å². The van der Waals surface area contributed by atoms with Crippen LogP contribution in [0.5, 0.6) is 5.75 Å². The number of hydroxylamine groups is 2. The smallest absolute Gasteiger partial charge is 0.196 e. The number of benzene rings is 1. The molecule has 1 heterocycles. The second kappa shape index (κ2) is 3.86. The molecule has 5 heteroatoms. The van der Waals surface area contributed by atoms with Crippen LogP contribution in [0.2, 0.25) is 0 Å². The molecule has 3 nitrogen and oxygen atoms in total. The molecule has 1 aliphatic heterocycles. The van der Waals surface area contributed by atoms with Crippen molar-refractivity contribution in [2.45, 2.75) is 13.0 Å². The minimum Gasteiger partial charge on any atom is -0.351 e. The highest BCUT2D eigenvalue weighted by molar-refractivity contribution is 5.24. The predicted octanol–water partition coefficient (Wildman–Crippen LogP) is 2.41. The fourth-order valence-corrected chi connectivity index (χ4v) is 1.12. The van der Waals surface area contributed by atoms with Gasteiger partial charge in [0.05, 0.1) is 6.20 Å². The van der Waals surface area contributed by atoms with Crippen molar-refractivity contribution in [3.8, 4) is 5.75 Å². The van der Waals surface area contributed by atoms with Crippen LogP contribution in [0.3, 0.4) is 0 Å². The lowest BCUT2D eigenvalue weighted by Gasteiger charge is -2.16. The van der Waals surface area contributed by atoms with Gasteiger partial charge in [0, 0.05) is 6.07 Å². The van der Waals surface area contributed by atoms with Crippen molar-refractivity contribution in [2.75, 3.05) is 0 Å². The van der Waals surface area contributed by atoms with Crippen LogP contribution in [-0.4, -0.2) is 11.3 Å². The van der Waals surface area contributed by atoms with E-state index >= 15 is 0 Å². The van der Waals surface area contributed by atoms with E-state index in [1.54, 1.807) is 13.0 Å². The van der Waals surface area contributed by atoms with Gasteiger partial charge in [-0.05, 0) is 25.1 Å². The molecule has 0 radical (unpaired) electrons. The van der Waals surface area contributed by atoms with E-state index in [1.807, 2.05) is 0 Å². The summed E-state index contributed by atoms with van der Waals surface area (Å²) in [6, 6.07) is 2.97. The largest absolute Gasteiger partial charge is 0.351 e. The van der Waals surface area contributed by atoms with Gasteiger partial charge in [-0.1, -0.05) is 5.23 Å². The van der Waals surface area contributed by atoms with Crippen molar-refractivity contribution in [3.05, 3.63) is 42.1 Å². The molecule has 1 atom stereocenters. The lowest BCUT2D eigenvalue weighted by atomic mass is 10.3. The molecule has 1 aromatic carbocycles. The first kappa shape index (κ1) is 9.92. The summed E-state index contributed by atoms with van der Waals surface area (Å²) in [7, 11) is 0. The number of halogens is 2. The summed E-state index contributed by atoms with van der Waals surface area (Å²) >= 11 is 0. The Bertz CT molecular complexity index is 395. The maximum absolute atomic E-state index is 13.1. The molecule has 0 amide bonds. The summed E-state index contributed by atoms with van der Waals surface area (Å²) in [5.41, 5.74) is 0.